The summed E-state index contributed by atoms with van der Waals surface area (Å²) in [6.45, 7) is 3.48. The molecule has 1 aliphatic rings. The van der Waals surface area contributed by atoms with Crippen LogP contribution in [0.1, 0.15) is 10.1 Å². The molecule has 0 amide bonds. The second kappa shape index (κ2) is 7.53. The first-order valence-corrected chi connectivity index (χ1v) is 9.70. The predicted octanol–water partition coefficient (Wildman–Crippen LogP) is 5.17. The Labute approximate surface area is 131 Å². The lowest BCUT2D eigenvalue weighted by Gasteiger charge is -2.09. The fraction of sp³-hybridized carbons (Fsp3) is 0.214. The van der Waals surface area contributed by atoms with Gasteiger partial charge in [-0.25, -0.2) is 0 Å². The van der Waals surface area contributed by atoms with Crippen LogP contribution in [0.3, 0.4) is 0 Å². The molecule has 1 aliphatic heterocycles. The molecular formula is C14H14OS4. The molecule has 0 radical (unpaired) electrons. The maximum Gasteiger partial charge on any atom is 0.211 e. The van der Waals surface area contributed by atoms with Crippen molar-refractivity contribution in [1.29, 1.82) is 0 Å². The summed E-state index contributed by atoms with van der Waals surface area (Å²) in [6, 6.07) is 8.70. The molecular weight excluding hydrogens is 312 g/mol. The van der Waals surface area contributed by atoms with Crippen LogP contribution in [-0.2, 0) is 4.79 Å². The number of hydrogen-bond donors (Lipinski definition) is 0. The second-order valence-electron chi connectivity index (χ2n) is 3.76. The summed E-state index contributed by atoms with van der Waals surface area (Å²) in [7, 11) is 0. The highest BCUT2D eigenvalue weighted by molar-refractivity contribution is 8.23. The lowest BCUT2D eigenvalue weighted by molar-refractivity contribution is -0.107. The number of thioether (sulfide) groups is 4. The van der Waals surface area contributed by atoms with Crippen molar-refractivity contribution >= 4 is 52.2 Å². The van der Waals surface area contributed by atoms with E-state index >= 15 is 0 Å². The highest BCUT2D eigenvalue weighted by atomic mass is 32.2. The van der Waals surface area contributed by atoms with Crippen LogP contribution in [0, 0.1) is 0 Å². The minimum Gasteiger partial charge on any atom is -0.282 e. The molecule has 0 spiro atoms. The summed E-state index contributed by atoms with van der Waals surface area (Å²) in [5.41, 5.74) is 1.33. The first-order chi connectivity index (χ1) is 9.22. The maximum absolute atomic E-state index is 11.2. The first kappa shape index (κ1) is 15.2. The molecule has 2 rings (SSSR count). The molecule has 1 nitrogen and oxygen atoms in total. The quantitative estimate of drug-likeness (QED) is 0.546. The number of carbonyl (C=O) groups is 1. The molecule has 5 heteroatoms. The number of benzene rings is 1. The van der Waals surface area contributed by atoms with Crippen LogP contribution >= 0.6 is 47.0 Å². The number of carbonyl (C=O) groups excluding carboxylic acids is 1. The van der Waals surface area contributed by atoms with Crippen LogP contribution in [0.15, 0.2) is 52.1 Å². The minimum atomic E-state index is 0.0410. The SMILES string of the molecule is C=CC(=O)SCC1=CSC(c2ccc(SC)cc2)S1. The average Bonchev–Trinajstić information content (AvgIpc) is 2.93. The summed E-state index contributed by atoms with van der Waals surface area (Å²) in [4.78, 5) is 13.7. The van der Waals surface area contributed by atoms with Crippen LogP contribution in [0.4, 0.5) is 0 Å². The highest BCUT2D eigenvalue weighted by Crippen LogP contribution is 2.51. The number of rotatable bonds is 5. The van der Waals surface area contributed by atoms with Crippen LogP contribution in [0.2, 0.25) is 0 Å². The van der Waals surface area contributed by atoms with Gasteiger partial charge in [0.15, 0.2) is 0 Å². The van der Waals surface area contributed by atoms with E-state index in [0.717, 1.165) is 5.75 Å². The van der Waals surface area contributed by atoms with E-state index in [9.17, 15) is 4.79 Å². The number of hydrogen-bond acceptors (Lipinski definition) is 5. The van der Waals surface area contributed by atoms with Crippen molar-refractivity contribution in [2.45, 2.75) is 9.48 Å². The van der Waals surface area contributed by atoms with E-state index in [2.05, 4.69) is 42.5 Å². The van der Waals surface area contributed by atoms with E-state index < -0.39 is 0 Å². The summed E-state index contributed by atoms with van der Waals surface area (Å²) < 4.78 is 0.422. The molecule has 1 atom stereocenters. The maximum atomic E-state index is 11.2. The zero-order valence-corrected chi connectivity index (χ0v) is 13.8. The Kier molecular flexibility index (Phi) is 6.01. The largest absolute Gasteiger partial charge is 0.282 e. The molecule has 100 valence electrons. The van der Waals surface area contributed by atoms with Crippen LogP contribution in [0.5, 0.6) is 0 Å². The molecule has 1 unspecified atom stereocenters. The Bertz CT molecular complexity index is 493. The fourth-order valence-electron chi connectivity index (χ4n) is 1.51. The van der Waals surface area contributed by atoms with Crippen LogP contribution < -0.4 is 0 Å². The Morgan fingerprint density at radius 3 is 2.79 bits per heavy atom. The van der Waals surface area contributed by atoms with Crippen molar-refractivity contribution < 1.29 is 4.79 Å². The van der Waals surface area contributed by atoms with Gasteiger partial charge in [-0.1, -0.05) is 30.5 Å². The van der Waals surface area contributed by atoms with E-state index in [1.54, 1.807) is 11.8 Å². The second-order valence-corrected chi connectivity index (χ2v) is 8.12. The molecule has 0 aromatic heterocycles. The molecule has 1 aromatic rings. The van der Waals surface area contributed by atoms with Gasteiger partial charge in [-0.2, -0.15) is 0 Å². The Hall–Kier alpha value is -0.230. The fourth-order valence-corrected chi connectivity index (χ4v) is 5.35. The van der Waals surface area contributed by atoms with Gasteiger partial charge in [-0.3, -0.25) is 4.79 Å². The topological polar surface area (TPSA) is 17.1 Å². The summed E-state index contributed by atoms with van der Waals surface area (Å²) in [6.07, 6.45) is 3.46. The molecule has 0 N–H and O–H groups in total. The molecule has 0 fully saturated rings. The Balaban J connectivity index is 1.88. The van der Waals surface area contributed by atoms with E-state index in [4.69, 9.17) is 0 Å². The third-order valence-corrected chi connectivity index (χ3v) is 7.09. The van der Waals surface area contributed by atoms with Crippen molar-refractivity contribution in [3.05, 3.63) is 52.8 Å². The molecule has 1 aromatic carbocycles. The van der Waals surface area contributed by atoms with E-state index in [0.29, 0.717) is 4.58 Å². The molecule has 0 aliphatic carbocycles. The zero-order chi connectivity index (χ0) is 13.7. The van der Waals surface area contributed by atoms with E-state index in [1.807, 2.05) is 23.5 Å². The molecule has 0 saturated heterocycles. The van der Waals surface area contributed by atoms with E-state index in [1.165, 1.54) is 33.2 Å². The highest BCUT2D eigenvalue weighted by Gasteiger charge is 2.20. The van der Waals surface area contributed by atoms with Gasteiger partial charge in [0.25, 0.3) is 0 Å². The van der Waals surface area contributed by atoms with Crippen molar-refractivity contribution in [3.63, 3.8) is 0 Å². The predicted molar refractivity (Wildman–Crippen MR) is 91.9 cm³/mol. The van der Waals surface area contributed by atoms with Gasteiger partial charge in [0, 0.05) is 15.6 Å². The normalized spacial score (nSPS) is 18.2. The third kappa shape index (κ3) is 4.38. The standard InChI is InChI=1S/C14H14OS4/c1-3-13(15)17-8-12-9-18-14(19-12)10-4-6-11(16-2)7-5-10/h3-7,9,14H,1,8H2,2H3. The van der Waals surface area contributed by atoms with Gasteiger partial charge in [0.1, 0.15) is 0 Å². The molecule has 0 bridgehead atoms. The van der Waals surface area contributed by atoms with E-state index in [-0.39, 0.29) is 5.12 Å². The van der Waals surface area contributed by atoms with Crippen molar-refractivity contribution in [2.75, 3.05) is 12.0 Å². The lowest BCUT2D eigenvalue weighted by atomic mass is 10.2. The zero-order valence-electron chi connectivity index (χ0n) is 10.5. The lowest BCUT2D eigenvalue weighted by Crippen LogP contribution is -1.89. The summed E-state index contributed by atoms with van der Waals surface area (Å²) >= 11 is 6.73. The molecule has 1 heterocycles. The monoisotopic (exact) mass is 326 g/mol. The van der Waals surface area contributed by atoms with Gasteiger partial charge in [-0.05, 0) is 35.4 Å². The Morgan fingerprint density at radius 2 is 2.16 bits per heavy atom. The minimum absolute atomic E-state index is 0.0410. The summed E-state index contributed by atoms with van der Waals surface area (Å²) in [5, 5.41) is 2.21. The summed E-state index contributed by atoms with van der Waals surface area (Å²) in [5.74, 6) is 0.752. The molecule has 0 saturated carbocycles. The van der Waals surface area contributed by atoms with Crippen molar-refractivity contribution in [2.24, 2.45) is 0 Å². The molecule has 19 heavy (non-hydrogen) atoms. The Morgan fingerprint density at radius 1 is 1.42 bits per heavy atom. The van der Waals surface area contributed by atoms with Gasteiger partial charge in [0.2, 0.25) is 5.12 Å². The third-order valence-electron chi connectivity index (χ3n) is 2.49. The van der Waals surface area contributed by atoms with Gasteiger partial charge >= 0.3 is 0 Å². The van der Waals surface area contributed by atoms with Gasteiger partial charge < -0.3 is 0 Å². The average molecular weight is 327 g/mol. The van der Waals surface area contributed by atoms with Gasteiger partial charge in [0.05, 0.1) is 4.58 Å². The van der Waals surface area contributed by atoms with Crippen LogP contribution in [-0.4, -0.2) is 17.1 Å². The van der Waals surface area contributed by atoms with Crippen molar-refractivity contribution in [1.82, 2.24) is 0 Å². The van der Waals surface area contributed by atoms with Crippen molar-refractivity contribution in [3.8, 4) is 0 Å². The first-order valence-electron chi connectivity index (χ1n) is 5.67. The van der Waals surface area contributed by atoms with Gasteiger partial charge in [-0.15, -0.1) is 35.3 Å². The smallest absolute Gasteiger partial charge is 0.211 e. The van der Waals surface area contributed by atoms with Crippen LogP contribution in [0.25, 0.3) is 0 Å².